The summed E-state index contributed by atoms with van der Waals surface area (Å²) in [5, 5.41) is 25.4. The second-order valence-electron chi connectivity index (χ2n) is 5.57. The number of nitrogens with zero attached hydrogens (tertiary/aromatic N) is 1. The number of hydrogen-bond donors (Lipinski definition) is 4. The molecule has 0 heterocycles. The molecule has 4 N–H and O–H groups in total. The summed E-state index contributed by atoms with van der Waals surface area (Å²) in [5.41, 5.74) is 3.42. The Balaban J connectivity index is 2.00. The maximum Gasteiger partial charge on any atom is 0.407 e. The molecule has 0 radical (unpaired) electrons. The van der Waals surface area contributed by atoms with Crippen molar-refractivity contribution in [3.8, 4) is 11.5 Å². The number of rotatable bonds is 7. The van der Waals surface area contributed by atoms with Gasteiger partial charge in [-0.1, -0.05) is 30.3 Å². The van der Waals surface area contributed by atoms with E-state index >= 15 is 0 Å². The number of phenolic OH excluding ortho intramolecular Hbond substituents is 2. The van der Waals surface area contributed by atoms with Gasteiger partial charge in [-0.05, 0) is 24.6 Å². The number of hydrogen-bond acceptors (Lipinski definition) is 6. The zero-order valence-electron chi connectivity index (χ0n) is 14.8. The van der Waals surface area contributed by atoms with Gasteiger partial charge in [0.05, 0.1) is 25.3 Å². The topological polar surface area (TPSA) is 120 Å². The van der Waals surface area contributed by atoms with Crippen molar-refractivity contribution in [2.75, 3.05) is 6.61 Å². The van der Waals surface area contributed by atoms with Crippen molar-refractivity contribution in [1.82, 2.24) is 10.7 Å². The maximum absolute atomic E-state index is 12.2. The van der Waals surface area contributed by atoms with Crippen LogP contribution in [-0.2, 0) is 9.53 Å². The molecular formula is C19H21N3O5. The highest BCUT2D eigenvalue weighted by Gasteiger charge is 2.18. The van der Waals surface area contributed by atoms with Gasteiger partial charge in [-0.2, -0.15) is 5.10 Å². The summed E-state index contributed by atoms with van der Waals surface area (Å²) in [6.07, 6.45) is 0.585. The van der Waals surface area contributed by atoms with Crippen molar-refractivity contribution >= 4 is 18.2 Å². The Morgan fingerprint density at radius 1 is 1.19 bits per heavy atom. The summed E-state index contributed by atoms with van der Waals surface area (Å²) >= 11 is 0. The van der Waals surface area contributed by atoms with Gasteiger partial charge >= 0.3 is 6.09 Å². The van der Waals surface area contributed by atoms with Crippen LogP contribution >= 0.6 is 0 Å². The molecule has 8 nitrogen and oxygen atoms in total. The quantitative estimate of drug-likeness (QED) is 0.440. The molecule has 0 aliphatic carbocycles. The first-order chi connectivity index (χ1) is 13.0. The SMILES string of the molecule is CCOC(=O)N[C@H](CC(=O)N/N=C\c1ccc(O)cc1O)c1ccccc1. The number of nitrogens with one attached hydrogen (secondary N) is 2. The first-order valence-corrected chi connectivity index (χ1v) is 8.31. The third-order valence-electron chi connectivity index (χ3n) is 3.57. The van der Waals surface area contributed by atoms with E-state index < -0.39 is 18.0 Å². The molecule has 0 bridgehead atoms. The first-order valence-electron chi connectivity index (χ1n) is 8.31. The summed E-state index contributed by atoms with van der Waals surface area (Å²) in [6.45, 7) is 1.91. The number of hydrazone groups is 1. The van der Waals surface area contributed by atoms with Crippen LogP contribution in [0.25, 0.3) is 0 Å². The van der Waals surface area contributed by atoms with Crippen LogP contribution in [0.15, 0.2) is 53.6 Å². The molecule has 0 aliphatic rings. The van der Waals surface area contributed by atoms with Crippen LogP contribution < -0.4 is 10.7 Å². The standard InChI is InChI=1S/C19H21N3O5/c1-2-27-19(26)21-16(13-6-4-3-5-7-13)11-18(25)22-20-12-14-8-9-15(23)10-17(14)24/h3-10,12,16,23-24H,2,11H2,1H3,(H,21,26)(H,22,25)/b20-12-/t16-/m1/s1. The predicted octanol–water partition coefficient (Wildman–Crippen LogP) is 2.43. The van der Waals surface area contributed by atoms with Crippen molar-refractivity contribution in [2.24, 2.45) is 5.10 Å². The third-order valence-corrected chi connectivity index (χ3v) is 3.57. The van der Waals surface area contributed by atoms with Crippen LogP contribution in [0.1, 0.15) is 30.5 Å². The average Bonchev–Trinajstić information content (AvgIpc) is 2.64. The summed E-state index contributed by atoms with van der Waals surface area (Å²) in [6, 6.07) is 12.5. The van der Waals surface area contributed by atoms with Crippen molar-refractivity contribution < 1.29 is 24.5 Å². The molecule has 2 rings (SSSR count). The van der Waals surface area contributed by atoms with Gasteiger partial charge < -0.3 is 20.3 Å². The lowest BCUT2D eigenvalue weighted by Gasteiger charge is -2.18. The molecule has 142 valence electrons. The minimum Gasteiger partial charge on any atom is -0.508 e. The largest absolute Gasteiger partial charge is 0.508 e. The Labute approximate surface area is 156 Å². The van der Waals surface area contributed by atoms with Crippen molar-refractivity contribution in [3.63, 3.8) is 0 Å². The molecule has 0 aliphatic heterocycles. The van der Waals surface area contributed by atoms with E-state index in [0.717, 1.165) is 11.6 Å². The van der Waals surface area contributed by atoms with Gasteiger partial charge in [-0.3, -0.25) is 4.79 Å². The van der Waals surface area contributed by atoms with E-state index in [4.69, 9.17) is 4.74 Å². The van der Waals surface area contributed by atoms with E-state index in [2.05, 4.69) is 15.8 Å². The van der Waals surface area contributed by atoms with E-state index in [-0.39, 0.29) is 24.5 Å². The zero-order chi connectivity index (χ0) is 19.6. The van der Waals surface area contributed by atoms with Gasteiger partial charge in [-0.15, -0.1) is 0 Å². The van der Waals surface area contributed by atoms with Crippen LogP contribution in [0, 0.1) is 0 Å². The summed E-state index contributed by atoms with van der Waals surface area (Å²) < 4.78 is 4.88. The number of alkyl carbamates (subject to hydrolysis) is 1. The molecule has 2 amide bonds. The third kappa shape index (κ3) is 6.35. The molecule has 0 spiro atoms. The molecule has 1 atom stereocenters. The fourth-order valence-corrected chi connectivity index (χ4v) is 2.30. The Kier molecular flexibility index (Phi) is 7.18. The van der Waals surface area contributed by atoms with E-state index in [0.29, 0.717) is 5.56 Å². The number of phenols is 2. The Morgan fingerprint density at radius 3 is 2.59 bits per heavy atom. The lowest BCUT2D eigenvalue weighted by Crippen LogP contribution is -2.33. The number of carbonyl (C=O) groups excluding carboxylic acids is 2. The van der Waals surface area contributed by atoms with Crippen LogP contribution in [0.2, 0.25) is 0 Å². The lowest BCUT2D eigenvalue weighted by molar-refractivity contribution is -0.121. The molecule has 0 fully saturated rings. The van der Waals surface area contributed by atoms with Crippen LogP contribution in [0.3, 0.4) is 0 Å². The lowest BCUT2D eigenvalue weighted by atomic mass is 10.0. The monoisotopic (exact) mass is 371 g/mol. The second kappa shape index (κ2) is 9.81. The van der Waals surface area contributed by atoms with Crippen LogP contribution in [0.4, 0.5) is 4.79 Å². The second-order valence-corrected chi connectivity index (χ2v) is 5.57. The Hall–Kier alpha value is -3.55. The smallest absolute Gasteiger partial charge is 0.407 e. The van der Waals surface area contributed by atoms with Crippen LogP contribution in [-0.4, -0.2) is 35.0 Å². The van der Waals surface area contributed by atoms with Crippen molar-refractivity contribution in [3.05, 3.63) is 59.7 Å². The van der Waals surface area contributed by atoms with Crippen molar-refractivity contribution in [2.45, 2.75) is 19.4 Å². The number of amides is 2. The molecule has 0 saturated heterocycles. The minimum atomic E-state index is -0.614. The molecule has 0 saturated carbocycles. The van der Waals surface area contributed by atoms with Gasteiger partial charge in [-0.25, -0.2) is 10.2 Å². The van der Waals surface area contributed by atoms with E-state index in [9.17, 15) is 19.8 Å². The zero-order valence-corrected chi connectivity index (χ0v) is 14.8. The van der Waals surface area contributed by atoms with Crippen molar-refractivity contribution in [1.29, 1.82) is 0 Å². The summed E-state index contributed by atoms with van der Waals surface area (Å²) in [5.74, 6) is -0.682. The minimum absolute atomic E-state index is 0.0538. The predicted molar refractivity (Wildman–Crippen MR) is 99.5 cm³/mol. The van der Waals surface area contributed by atoms with Gasteiger partial charge in [0.2, 0.25) is 5.91 Å². The molecule has 0 unspecified atom stereocenters. The number of carbonyl (C=O) groups is 2. The van der Waals surface area contributed by atoms with E-state index in [1.54, 1.807) is 31.2 Å². The molecular weight excluding hydrogens is 350 g/mol. The van der Waals surface area contributed by atoms with E-state index in [1.165, 1.54) is 18.3 Å². The molecule has 0 aromatic heterocycles. The number of aromatic hydroxyl groups is 2. The molecule has 2 aromatic carbocycles. The maximum atomic E-state index is 12.2. The molecule has 8 heteroatoms. The Morgan fingerprint density at radius 2 is 1.93 bits per heavy atom. The number of ether oxygens (including phenoxy) is 1. The Bertz CT molecular complexity index is 808. The highest BCUT2D eigenvalue weighted by Crippen LogP contribution is 2.21. The summed E-state index contributed by atoms with van der Waals surface area (Å²) in [4.78, 5) is 23.9. The average molecular weight is 371 g/mol. The molecule has 2 aromatic rings. The van der Waals surface area contributed by atoms with Gasteiger partial charge in [0, 0.05) is 11.6 Å². The van der Waals surface area contributed by atoms with E-state index in [1.807, 2.05) is 6.07 Å². The van der Waals surface area contributed by atoms with Crippen LogP contribution in [0.5, 0.6) is 11.5 Å². The van der Waals surface area contributed by atoms with Gasteiger partial charge in [0.15, 0.2) is 0 Å². The van der Waals surface area contributed by atoms with Gasteiger partial charge in [0.25, 0.3) is 0 Å². The number of benzene rings is 2. The van der Waals surface area contributed by atoms with Gasteiger partial charge in [0.1, 0.15) is 11.5 Å². The fraction of sp³-hybridized carbons (Fsp3) is 0.211. The normalized spacial score (nSPS) is 11.7. The summed E-state index contributed by atoms with van der Waals surface area (Å²) in [7, 11) is 0. The first kappa shape index (κ1) is 19.8. The highest BCUT2D eigenvalue weighted by molar-refractivity contribution is 5.85. The molecule has 27 heavy (non-hydrogen) atoms. The highest BCUT2D eigenvalue weighted by atomic mass is 16.5. The fourth-order valence-electron chi connectivity index (χ4n) is 2.30.